The van der Waals surface area contributed by atoms with Crippen molar-refractivity contribution in [2.24, 2.45) is 5.92 Å². The van der Waals surface area contributed by atoms with Gasteiger partial charge in [0.15, 0.2) is 0 Å². The molecular weight excluding hydrogens is 254 g/mol. The zero-order chi connectivity index (χ0) is 15.0. The van der Waals surface area contributed by atoms with Gasteiger partial charge in [0, 0.05) is 12.6 Å². The highest BCUT2D eigenvalue weighted by Gasteiger charge is 2.14. The van der Waals surface area contributed by atoms with Crippen LogP contribution in [-0.4, -0.2) is 31.8 Å². The minimum absolute atomic E-state index is 0.142. The average Bonchev–Trinajstić information content (AvgIpc) is 2.44. The molecule has 0 aliphatic rings. The Hall–Kier alpha value is -1.55. The van der Waals surface area contributed by atoms with Crippen LogP contribution in [0.4, 0.5) is 0 Å². The van der Waals surface area contributed by atoms with E-state index < -0.39 is 0 Å². The summed E-state index contributed by atoms with van der Waals surface area (Å²) in [6.45, 7) is 9.34. The number of esters is 1. The van der Waals surface area contributed by atoms with E-state index in [0.717, 1.165) is 5.75 Å². The van der Waals surface area contributed by atoms with Gasteiger partial charge in [-0.1, -0.05) is 24.6 Å². The largest absolute Gasteiger partial charge is 0.492 e. The lowest BCUT2D eigenvalue weighted by Gasteiger charge is -2.17. The molecule has 1 aromatic rings. The van der Waals surface area contributed by atoms with Crippen molar-refractivity contribution in [2.75, 3.05) is 19.8 Å². The molecule has 0 bridgehead atoms. The highest BCUT2D eigenvalue weighted by Crippen LogP contribution is 2.11. The molecule has 0 saturated carbocycles. The first-order valence-corrected chi connectivity index (χ1v) is 7.12. The monoisotopic (exact) mass is 279 g/mol. The Morgan fingerprint density at radius 1 is 1.25 bits per heavy atom. The van der Waals surface area contributed by atoms with Gasteiger partial charge in [-0.15, -0.1) is 0 Å². The van der Waals surface area contributed by atoms with Gasteiger partial charge in [-0.3, -0.25) is 4.79 Å². The molecule has 0 heterocycles. The minimum Gasteiger partial charge on any atom is -0.492 e. The molecule has 2 atom stereocenters. The van der Waals surface area contributed by atoms with Gasteiger partial charge in [0.1, 0.15) is 12.4 Å². The van der Waals surface area contributed by atoms with E-state index in [-0.39, 0.29) is 17.9 Å². The van der Waals surface area contributed by atoms with Crippen molar-refractivity contribution in [1.82, 2.24) is 5.32 Å². The summed E-state index contributed by atoms with van der Waals surface area (Å²) in [5, 5.41) is 3.28. The Morgan fingerprint density at radius 3 is 2.50 bits per heavy atom. The number of rotatable bonds is 8. The van der Waals surface area contributed by atoms with Gasteiger partial charge >= 0.3 is 5.97 Å². The smallest absolute Gasteiger partial charge is 0.309 e. The molecule has 0 aliphatic carbocycles. The van der Waals surface area contributed by atoms with Crippen molar-refractivity contribution >= 4 is 5.97 Å². The molecule has 0 spiro atoms. The molecular formula is C16H25NO3. The maximum absolute atomic E-state index is 11.5. The summed E-state index contributed by atoms with van der Waals surface area (Å²) in [6, 6.07) is 8.15. The zero-order valence-corrected chi connectivity index (χ0v) is 12.8. The van der Waals surface area contributed by atoms with Gasteiger partial charge in [0.25, 0.3) is 0 Å². The standard InChI is InChI=1S/C16H25NO3/c1-5-19-16(18)13(3)10-17-14(4)11-20-15-8-6-12(2)7-9-15/h6-9,13-14,17H,5,10-11H2,1-4H3. The fourth-order valence-corrected chi connectivity index (χ4v) is 1.66. The summed E-state index contributed by atoms with van der Waals surface area (Å²) in [7, 11) is 0. The van der Waals surface area contributed by atoms with E-state index in [2.05, 4.69) is 5.32 Å². The van der Waals surface area contributed by atoms with Crippen LogP contribution in [0, 0.1) is 12.8 Å². The second-order valence-corrected chi connectivity index (χ2v) is 5.09. The Balaban J connectivity index is 2.24. The van der Waals surface area contributed by atoms with E-state index in [4.69, 9.17) is 9.47 Å². The highest BCUT2D eigenvalue weighted by molar-refractivity contribution is 5.72. The highest BCUT2D eigenvalue weighted by atomic mass is 16.5. The Labute approximate surface area is 121 Å². The lowest BCUT2D eigenvalue weighted by atomic mass is 10.2. The van der Waals surface area contributed by atoms with E-state index in [1.54, 1.807) is 0 Å². The molecule has 0 aliphatic heterocycles. The van der Waals surface area contributed by atoms with Gasteiger partial charge in [-0.25, -0.2) is 0 Å². The molecule has 4 nitrogen and oxygen atoms in total. The van der Waals surface area contributed by atoms with E-state index in [1.807, 2.05) is 52.0 Å². The first-order chi connectivity index (χ1) is 9.52. The first-order valence-electron chi connectivity index (χ1n) is 7.12. The van der Waals surface area contributed by atoms with Crippen LogP contribution in [0.5, 0.6) is 5.75 Å². The van der Waals surface area contributed by atoms with Gasteiger partial charge in [0.2, 0.25) is 0 Å². The van der Waals surface area contributed by atoms with Crippen molar-refractivity contribution in [3.8, 4) is 5.75 Å². The topological polar surface area (TPSA) is 47.6 Å². The van der Waals surface area contributed by atoms with E-state index in [9.17, 15) is 4.79 Å². The summed E-state index contributed by atoms with van der Waals surface area (Å²) < 4.78 is 10.7. The first kappa shape index (κ1) is 16.5. The Bertz CT molecular complexity index is 403. The van der Waals surface area contributed by atoms with Crippen LogP contribution in [0.2, 0.25) is 0 Å². The molecule has 2 unspecified atom stereocenters. The number of benzene rings is 1. The maximum Gasteiger partial charge on any atom is 0.309 e. The fraction of sp³-hybridized carbons (Fsp3) is 0.562. The molecule has 1 rings (SSSR count). The summed E-state index contributed by atoms with van der Waals surface area (Å²) in [4.78, 5) is 11.5. The fourth-order valence-electron chi connectivity index (χ4n) is 1.66. The van der Waals surface area contributed by atoms with Gasteiger partial charge < -0.3 is 14.8 Å². The SMILES string of the molecule is CCOC(=O)C(C)CNC(C)COc1ccc(C)cc1. The second kappa shape index (κ2) is 8.59. The summed E-state index contributed by atoms with van der Waals surface area (Å²) in [6.07, 6.45) is 0. The van der Waals surface area contributed by atoms with Crippen LogP contribution < -0.4 is 10.1 Å². The van der Waals surface area contributed by atoms with Crippen molar-refractivity contribution in [3.63, 3.8) is 0 Å². The molecule has 0 amide bonds. The van der Waals surface area contributed by atoms with Crippen LogP contribution in [0.15, 0.2) is 24.3 Å². The normalized spacial score (nSPS) is 13.6. The summed E-state index contributed by atoms with van der Waals surface area (Å²) in [5.74, 6) is 0.561. The van der Waals surface area contributed by atoms with Crippen molar-refractivity contribution in [2.45, 2.75) is 33.7 Å². The van der Waals surface area contributed by atoms with Gasteiger partial charge in [-0.2, -0.15) is 0 Å². The Kier molecular flexibility index (Phi) is 7.09. The molecule has 112 valence electrons. The predicted octanol–water partition coefficient (Wildman–Crippen LogP) is 2.55. The number of carbonyl (C=O) groups is 1. The van der Waals surface area contributed by atoms with Gasteiger partial charge in [-0.05, 0) is 32.9 Å². The molecule has 4 heteroatoms. The number of carbonyl (C=O) groups excluding carboxylic acids is 1. The number of aryl methyl sites for hydroxylation is 1. The molecule has 20 heavy (non-hydrogen) atoms. The maximum atomic E-state index is 11.5. The molecule has 0 fully saturated rings. The Morgan fingerprint density at radius 2 is 1.90 bits per heavy atom. The van der Waals surface area contributed by atoms with Crippen molar-refractivity contribution in [3.05, 3.63) is 29.8 Å². The molecule has 0 radical (unpaired) electrons. The lowest BCUT2D eigenvalue weighted by Crippen LogP contribution is -2.37. The number of nitrogens with one attached hydrogen (secondary N) is 1. The van der Waals surface area contributed by atoms with Crippen LogP contribution in [0.1, 0.15) is 26.3 Å². The van der Waals surface area contributed by atoms with Gasteiger partial charge in [0.05, 0.1) is 12.5 Å². The third-order valence-corrected chi connectivity index (χ3v) is 2.98. The molecule has 0 aromatic heterocycles. The number of hydrogen-bond acceptors (Lipinski definition) is 4. The van der Waals surface area contributed by atoms with Crippen molar-refractivity contribution in [1.29, 1.82) is 0 Å². The van der Waals surface area contributed by atoms with Crippen LogP contribution >= 0.6 is 0 Å². The third-order valence-electron chi connectivity index (χ3n) is 2.98. The van der Waals surface area contributed by atoms with E-state index in [1.165, 1.54) is 5.56 Å². The van der Waals surface area contributed by atoms with E-state index in [0.29, 0.717) is 19.8 Å². The van der Waals surface area contributed by atoms with Crippen LogP contribution in [0.25, 0.3) is 0 Å². The molecule has 1 aromatic carbocycles. The quantitative estimate of drug-likeness (QED) is 0.743. The summed E-state index contributed by atoms with van der Waals surface area (Å²) >= 11 is 0. The van der Waals surface area contributed by atoms with Crippen molar-refractivity contribution < 1.29 is 14.3 Å². The number of hydrogen-bond donors (Lipinski definition) is 1. The predicted molar refractivity (Wildman–Crippen MR) is 79.9 cm³/mol. The van der Waals surface area contributed by atoms with Crippen LogP contribution in [-0.2, 0) is 9.53 Å². The summed E-state index contributed by atoms with van der Waals surface area (Å²) in [5.41, 5.74) is 1.21. The third kappa shape index (κ3) is 6.06. The average molecular weight is 279 g/mol. The zero-order valence-electron chi connectivity index (χ0n) is 12.8. The minimum atomic E-state index is -0.161. The lowest BCUT2D eigenvalue weighted by molar-refractivity contribution is -0.147. The second-order valence-electron chi connectivity index (χ2n) is 5.09. The molecule has 1 N–H and O–H groups in total. The molecule has 0 saturated heterocycles. The number of ether oxygens (including phenoxy) is 2. The van der Waals surface area contributed by atoms with E-state index >= 15 is 0 Å². The van der Waals surface area contributed by atoms with Crippen LogP contribution in [0.3, 0.4) is 0 Å².